The summed E-state index contributed by atoms with van der Waals surface area (Å²) in [5.74, 6) is -0.178. The molecule has 2 rings (SSSR count). The summed E-state index contributed by atoms with van der Waals surface area (Å²) in [6.45, 7) is 4.45. The zero-order valence-electron chi connectivity index (χ0n) is 16.3. The molecule has 1 aromatic rings. The van der Waals surface area contributed by atoms with E-state index < -0.39 is 11.9 Å². The fourth-order valence-electron chi connectivity index (χ4n) is 3.00. The van der Waals surface area contributed by atoms with E-state index in [0.717, 1.165) is 31.2 Å². The summed E-state index contributed by atoms with van der Waals surface area (Å²) in [6, 6.07) is 3.58. The van der Waals surface area contributed by atoms with Crippen LogP contribution in [0.15, 0.2) is 18.2 Å². The van der Waals surface area contributed by atoms with Gasteiger partial charge >= 0.3 is 0 Å². The van der Waals surface area contributed by atoms with Crippen LogP contribution in [0, 0.1) is 11.7 Å². The van der Waals surface area contributed by atoms with Crippen molar-refractivity contribution in [2.45, 2.75) is 51.6 Å². The number of nitrogens with two attached hydrogens (primary N) is 1. The van der Waals surface area contributed by atoms with Crippen LogP contribution in [0.25, 0.3) is 0 Å². The first-order valence-corrected chi connectivity index (χ1v) is 9.55. The van der Waals surface area contributed by atoms with Gasteiger partial charge in [0.1, 0.15) is 24.2 Å². The number of rotatable bonds is 11. The van der Waals surface area contributed by atoms with E-state index in [0.29, 0.717) is 18.9 Å². The molecule has 3 N–H and O–H groups in total. The Balaban J connectivity index is 1.89. The molecule has 1 aromatic carbocycles. The van der Waals surface area contributed by atoms with E-state index in [1.54, 1.807) is 20.0 Å². The number of carbonyl (C=O) groups excluding carboxylic acids is 2. The lowest BCUT2D eigenvalue weighted by atomic mass is 10.1. The number of primary amides is 1. The number of ether oxygens (including phenoxy) is 1. The normalized spacial score (nSPS) is 15.9. The van der Waals surface area contributed by atoms with Crippen LogP contribution < -0.4 is 15.8 Å². The Kier molecular flexibility index (Phi) is 7.59. The minimum atomic E-state index is -0.652. The standard InChI is InChI=1S/C20H30FN3O3/c1-4-5-14-8-9-16(21)12-17(14)27-11-10-23-18(15-6-7-15)20(26)24(3)13(2)19(22)25/h8-9,12-13,15,18,23H,4-7,10-11H2,1-3H3,(H2,22,25). The molecule has 0 saturated heterocycles. The quantitative estimate of drug-likeness (QED) is 0.575. The second kappa shape index (κ2) is 9.69. The molecule has 7 heteroatoms. The van der Waals surface area contributed by atoms with Crippen molar-refractivity contribution in [2.75, 3.05) is 20.2 Å². The van der Waals surface area contributed by atoms with Gasteiger partial charge in [-0.1, -0.05) is 19.4 Å². The van der Waals surface area contributed by atoms with Crippen LogP contribution in [0.4, 0.5) is 4.39 Å². The molecule has 1 fully saturated rings. The molecule has 6 nitrogen and oxygen atoms in total. The van der Waals surface area contributed by atoms with Crippen molar-refractivity contribution in [1.29, 1.82) is 0 Å². The van der Waals surface area contributed by atoms with E-state index in [1.807, 2.05) is 0 Å². The van der Waals surface area contributed by atoms with Gasteiger partial charge in [0.2, 0.25) is 11.8 Å². The van der Waals surface area contributed by atoms with E-state index in [2.05, 4.69) is 12.2 Å². The third-order valence-electron chi connectivity index (χ3n) is 4.97. The SMILES string of the molecule is CCCc1ccc(F)cc1OCCNC(C(=O)N(C)C(C)C(N)=O)C1CC1. The molecule has 0 heterocycles. The van der Waals surface area contributed by atoms with E-state index in [9.17, 15) is 14.0 Å². The highest BCUT2D eigenvalue weighted by Gasteiger charge is 2.38. The molecule has 0 aliphatic heterocycles. The van der Waals surface area contributed by atoms with Gasteiger partial charge in [0, 0.05) is 19.7 Å². The van der Waals surface area contributed by atoms with Crippen molar-refractivity contribution in [1.82, 2.24) is 10.2 Å². The molecule has 27 heavy (non-hydrogen) atoms. The van der Waals surface area contributed by atoms with Gasteiger partial charge in [-0.2, -0.15) is 0 Å². The highest BCUT2D eigenvalue weighted by atomic mass is 19.1. The number of carbonyl (C=O) groups is 2. The predicted molar refractivity (Wildman–Crippen MR) is 102 cm³/mol. The highest BCUT2D eigenvalue weighted by Crippen LogP contribution is 2.33. The fraction of sp³-hybridized carbons (Fsp3) is 0.600. The summed E-state index contributed by atoms with van der Waals surface area (Å²) in [5.41, 5.74) is 6.28. The number of aryl methyl sites for hydroxylation is 1. The van der Waals surface area contributed by atoms with Crippen molar-refractivity contribution < 1.29 is 18.7 Å². The average molecular weight is 379 g/mol. The molecule has 0 bridgehead atoms. The number of hydrogen-bond acceptors (Lipinski definition) is 4. The fourth-order valence-corrected chi connectivity index (χ4v) is 3.00. The highest BCUT2D eigenvalue weighted by molar-refractivity contribution is 5.89. The van der Waals surface area contributed by atoms with Gasteiger partial charge in [-0.15, -0.1) is 0 Å². The van der Waals surface area contributed by atoms with Crippen molar-refractivity contribution in [3.63, 3.8) is 0 Å². The second-order valence-corrected chi connectivity index (χ2v) is 7.15. The lowest BCUT2D eigenvalue weighted by Gasteiger charge is -2.28. The molecule has 0 aromatic heterocycles. The van der Waals surface area contributed by atoms with Gasteiger partial charge < -0.3 is 20.7 Å². The zero-order valence-corrected chi connectivity index (χ0v) is 16.3. The molecular weight excluding hydrogens is 349 g/mol. The number of halogens is 1. The largest absolute Gasteiger partial charge is 0.492 e. The van der Waals surface area contributed by atoms with E-state index >= 15 is 0 Å². The van der Waals surface area contributed by atoms with Crippen LogP contribution in [0.5, 0.6) is 5.75 Å². The lowest BCUT2D eigenvalue weighted by molar-refractivity contribution is -0.139. The molecule has 150 valence electrons. The molecule has 2 atom stereocenters. The van der Waals surface area contributed by atoms with Crippen LogP contribution in [0.3, 0.4) is 0 Å². The van der Waals surface area contributed by atoms with Crippen LogP contribution in [0.2, 0.25) is 0 Å². The van der Waals surface area contributed by atoms with Crippen molar-refractivity contribution in [3.05, 3.63) is 29.6 Å². The van der Waals surface area contributed by atoms with Gasteiger partial charge in [0.25, 0.3) is 0 Å². The summed E-state index contributed by atoms with van der Waals surface area (Å²) in [6.07, 6.45) is 3.73. The maximum absolute atomic E-state index is 13.5. The Morgan fingerprint density at radius 3 is 2.70 bits per heavy atom. The number of likely N-dealkylation sites (N-methyl/N-ethyl adjacent to an activating group) is 1. The molecule has 1 aliphatic carbocycles. The van der Waals surface area contributed by atoms with Crippen LogP contribution in [-0.4, -0.2) is 49.0 Å². The molecular formula is C20H30FN3O3. The van der Waals surface area contributed by atoms with E-state index in [4.69, 9.17) is 10.5 Å². The number of benzene rings is 1. The first-order valence-electron chi connectivity index (χ1n) is 9.55. The summed E-state index contributed by atoms with van der Waals surface area (Å²) >= 11 is 0. The average Bonchev–Trinajstić information content (AvgIpc) is 3.47. The molecule has 1 aliphatic rings. The van der Waals surface area contributed by atoms with Crippen LogP contribution >= 0.6 is 0 Å². The second-order valence-electron chi connectivity index (χ2n) is 7.15. The molecule has 0 radical (unpaired) electrons. The molecule has 0 spiro atoms. The number of hydrogen-bond donors (Lipinski definition) is 2. The molecule has 1 saturated carbocycles. The minimum absolute atomic E-state index is 0.138. The maximum atomic E-state index is 13.5. The van der Waals surface area contributed by atoms with E-state index in [-0.39, 0.29) is 23.7 Å². The lowest BCUT2D eigenvalue weighted by Crippen LogP contribution is -2.52. The third-order valence-corrected chi connectivity index (χ3v) is 4.97. The monoisotopic (exact) mass is 379 g/mol. The molecule has 2 unspecified atom stereocenters. The topological polar surface area (TPSA) is 84.7 Å². The summed E-state index contributed by atoms with van der Waals surface area (Å²) in [5, 5.41) is 3.23. The number of amides is 2. The summed E-state index contributed by atoms with van der Waals surface area (Å²) in [7, 11) is 1.59. The van der Waals surface area contributed by atoms with Gasteiger partial charge in [-0.3, -0.25) is 9.59 Å². The number of nitrogens with zero attached hydrogens (tertiary/aromatic N) is 1. The Hall–Kier alpha value is -2.15. The van der Waals surface area contributed by atoms with Crippen LogP contribution in [0.1, 0.15) is 38.7 Å². The van der Waals surface area contributed by atoms with Crippen molar-refractivity contribution >= 4 is 11.8 Å². The maximum Gasteiger partial charge on any atom is 0.240 e. The summed E-state index contributed by atoms with van der Waals surface area (Å²) in [4.78, 5) is 25.4. The zero-order chi connectivity index (χ0) is 20.0. The smallest absolute Gasteiger partial charge is 0.240 e. The Morgan fingerprint density at radius 1 is 1.41 bits per heavy atom. The first-order chi connectivity index (χ1) is 12.8. The van der Waals surface area contributed by atoms with Gasteiger partial charge in [-0.25, -0.2) is 4.39 Å². The molecule has 2 amide bonds. The Labute approximate surface area is 160 Å². The minimum Gasteiger partial charge on any atom is -0.492 e. The Morgan fingerprint density at radius 2 is 2.11 bits per heavy atom. The summed E-state index contributed by atoms with van der Waals surface area (Å²) < 4.78 is 19.2. The predicted octanol–water partition coefficient (Wildman–Crippen LogP) is 1.86. The van der Waals surface area contributed by atoms with E-state index in [1.165, 1.54) is 17.0 Å². The number of nitrogens with one attached hydrogen (secondary N) is 1. The third kappa shape index (κ3) is 5.92. The van der Waals surface area contributed by atoms with Gasteiger partial charge in [-0.05, 0) is 43.7 Å². The first kappa shape index (κ1) is 21.2. The van der Waals surface area contributed by atoms with Gasteiger partial charge in [0.05, 0.1) is 6.04 Å². The van der Waals surface area contributed by atoms with Crippen molar-refractivity contribution in [2.24, 2.45) is 11.7 Å². The van der Waals surface area contributed by atoms with Crippen molar-refractivity contribution in [3.8, 4) is 5.75 Å². The van der Waals surface area contributed by atoms with Gasteiger partial charge in [0.15, 0.2) is 0 Å². The van der Waals surface area contributed by atoms with Crippen LogP contribution in [-0.2, 0) is 16.0 Å². The Bertz CT molecular complexity index is 664.